The van der Waals surface area contributed by atoms with E-state index in [2.05, 4.69) is 31.2 Å². The molecule has 0 heterocycles. The maximum Gasteiger partial charge on any atom is 0.0178 e. The predicted molar refractivity (Wildman–Crippen MR) is 60.9 cm³/mol. The number of hydrogen-bond donors (Lipinski definition) is 1. The molecule has 0 fully saturated rings. The van der Waals surface area contributed by atoms with Gasteiger partial charge in [-0.05, 0) is 48.4 Å². The van der Waals surface area contributed by atoms with Crippen molar-refractivity contribution in [3.63, 3.8) is 0 Å². The maximum atomic E-state index is 5.61. The van der Waals surface area contributed by atoms with Gasteiger partial charge in [-0.15, -0.1) is 0 Å². The highest BCUT2D eigenvalue weighted by Crippen LogP contribution is 2.29. The number of hydrogen-bond acceptors (Lipinski definition) is 1. The first kappa shape index (κ1) is 9.47. The number of nitrogens with two attached hydrogens (primary N) is 1. The van der Waals surface area contributed by atoms with Gasteiger partial charge >= 0.3 is 0 Å². The quantitative estimate of drug-likeness (QED) is 0.756. The fraction of sp³-hybridized carbons (Fsp3) is 0.385. The van der Waals surface area contributed by atoms with Crippen LogP contribution in [-0.4, -0.2) is 0 Å². The number of aryl methyl sites for hydroxylation is 1. The lowest BCUT2D eigenvalue weighted by molar-refractivity contribution is 0.934. The van der Waals surface area contributed by atoms with Gasteiger partial charge < -0.3 is 5.73 Å². The number of benzene rings is 1. The first-order valence-electron chi connectivity index (χ1n) is 5.30. The molecule has 0 aromatic heterocycles. The minimum absolute atomic E-state index is 0.639. The Morgan fingerprint density at radius 1 is 1.36 bits per heavy atom. The van der Waals surface area contributed by atoms with Crippen LogP contribution in [0.5, 0.6) is 0 Å². The van der Waals surface area contributed by atoms with Crippen LogP contribution < -0.4 is 5.73 Å². The standard InChI is InChI=1S/C13H17N/c1-10-8-11(9-14)6-7-13(10)12-4-2-3-5-12/h4,6-8H,2-3,5,9,14H2,1H3. The molecular weight excluding hydrogens is 170 g/mol. The van der Waals surface area contributed by atoms with Crippen molar-refractivity contribution in [3.05, 3.63) is 41.0 Å². The highest BCUT2D eigenvalue weighted by molar-refractivity contribution is 5.69. The Kier molecular flexibility index (Phi) is 2.69. The summed E-state index contributed by atoms with van der Waals surface area (Å²) in [5.74, 6) is 0. The molecule has 2 N–H and O–H groups in total. The molecule has 74 valence electrons. The third kappa shape index (κ3) is 1.73. The van der Waals surface area contributed by atoms with E-state index in [1.54, 1.807) is 0 Å². The topological polar surface area (TPSA) is 26.0 Å². The zero-order chi connectivity index (χ0) is 9.97. The second-order valence-electron chi connectivity index (χ2n) is 3.97. The van der Waals surface area contributed by atoms with Crippen LogP contribution in [0.2, 0.25) is 0 Å². The first-order valence-corrected chi connectivity index (χ1v) is 5.30. The summed E-state index contributed by atoms with van der Waals surface area (Å²) >= 11 is 0. The summed E-state index contributed by atoms with van der Waals surface area (Å²) in [4.78, 5) is 0. The van der Waals surface area contributed by atoms with Crippen LogP contribution in [0.4, 0.5) is 0 Å². The molecule has 1 nitrogen and oxygen atoms in total. The molecule has 1 heteroatoms. The van der Waals surface area contributed by atoms with Crippen molar-refractivity contribution in [1.82, 2.24) is 0 Å². The molecule has 0 spiro atoms. The van der Waals surface area contributed by atoms with E-state index in [1.165, 1.54) is 41.5 Å². The zero-order valence-electron chi connectivity index (χ0n) is 8.72. The molecule has 0 unspecified atom stereocenters. The number of rotatable bonds is 2. The van der Waals surface area contributed by atoms with Crippen LogP contribution in [0.25, 0.3) is 5.57 Å². The third-order valence-corrected chi connectivity index (χ3v) is 2.91. The van der Waals surface area contributed by atoms with Crippen molar-refractivity contribution in [2.45, 2.75) is 32.7 Å². The van der Waals surface area contributed by atoms with Gasteiger partial charge in [0.2, 0.25) is 0 Å². The molecule has 1 aliphatic rings. The highest BCUT2D eigenvalue weighted by atomic mass is 14.5. The zero-order valence-corrected chi connectivity index (χ0v) is 8.72. The smallest absolute Gasteiger partial charge is 0.0178 e. The molecule has 0 saturated carbocycles. The summed E-state index contributed by atoms with van der Waals surface area (Å²) in [6.07, 6.45) is 6.16. The largest absolute Gasteiger partial charge is 0.326 e. The minimum atomic E-state index is 0.639. The van der Waals surface area contributed by atoms with Gasteiger partial charge in [0.15, 0.2) is 0 Å². The van der Waals surface area contributed by atoms with Crippen LogP contribution in [0.3, 0.4) is 0 Å². The molecule has 14 heavy (non-hydrogen) atoms. The fourth-order valence-electron chi connectivity index (χ4n) is 2.13. The summed E-state index contributed by atoms with van der Waals surface area (Å²) in [5.41, 5.74) is 11.1. The van der Waals surface area contributed by atoms with Gasteiger partial charge in [-0.25, -0.2) is 0 Å². The van der Waals surface area contributed by atoms with Gasteiger partial charge in [0.05, 0.1) is 0 Å². The highest BCUT2D eigenvalue weighted by Gasteiger charge is 2.09. The predicted octanol–water partition coefficient (Wildman–Crippen LogP) is 3.02. The van der Waals surface area contributed by atoms with Gasteiger partial charge in [-0.3, -0.25) is 0 Å². The van der Waals surface area contributed by atoms with Crippen molar-refractivity contribution >= 4 is 5.57 Å². The molecular formula is C13H17N. The lowest BCUT2D eigenvalue weighted by atomic mass is 9.98. The first-order chi connectivity index (χ1) is 6.81. The third-order valence-electron chi connectivity index (χ3n) is 2.91. The van der Waals surface area contributed by atoms with Gasteiger partial charge in [0.1, 0.15) is 0 Å². The molecule has 0 atom stereocenters. The van der Waals surface area contributed by atoms with E-state index in [0.29, 0.717) is 6.54 Å². The van der Waals surface area contributed by atoms with E-state index in [4.69, 9.17) is 5.73 Å². The summed E-state index contributed by atoms with van der Waals surface area (Å²) in [5, 5.41) is 0. The lowest BCUT2D eigenvalue weighted by Gasteiger charge is -2.08. The average Bonchev–Trinajstić information content (AvgIpc) is 2.70. The molecule has 1 aromatic carbocycles. The Morgan fingerprint density at radius 2 is 2.21 bits per heavy atom. The Bertz CT molecular complexity index is 363. The minimum Gasteiger partial charge on any atom is -0.326 e. The van der Waals surface area contributed by atoms with Crippen LogP contribution in [0.15, 0.2) is 24.3 Å². The lowest BCUT2D eigenvalue weighted by Crippen LogP contribution is -1.97. The van der Waals surface area contributed by atoms with Gasteiger partial charge in [0, 0.05) is 6.54 Å². The summed E-state index contributed by atoms with van der Waals surface area (Å²) < 4.78 is 0. The van der Waals surface area contributed by atoms with E-state index in [9.17, 15) is 0 Å². The van der Waals surface area contributed by atoms with E-state index < -0.39 is 0 Å². The van der Waals surface area contributed by atoms with E-state index in [-0.39, 0.29) is 0 Å². The molecule has 0 aliphatic heterocycles. The van der Waals surface area contributed by atoms with Crippen LogP contribution in [0, 0.1) is 6.92 Å². The van der Waals surface area contributed by atoms with E-state index in [0.717, 1.165) is 0 Å². The molecule has 0 radical (unpaired) electrons. The Morgan fingerprint density at radius 3 is 2.79 bits per heavy atom. The van der Waals surface area contributed by atoms with E-state index in [1.807, 2.05) is 0 Å². The van der Waals surface area contributed by atoms with Crippen LogP contribution in [0.1, 0.15) is 36.0 Å². The Balaban J connectivity index is 2.34. The van der Waals surface area contributed by atoms with Crippen molar-refractivity contribution in [2.24, 2.45) is 5.73 Å². The molecule has 1 aliphatic carbocycles. The van der Waals surface area contributed by atoms with Crippen LogP contribution in [-0.2, 0) is 6.54 Å². The van der Waals surface area contributed by atoms with Crippen LogP contribution >= 0.6 is 0 Å². The Hall–Kier alpha value is -1.08. The second kappa shape index (κ2) is 3.97. The fourth-order valence-corrected chi connectivity index (χ4v) is 2.13. The average molecular weight is 187 g/mol. The van der Waals surface area contributed by atoms with Crippen molar-refractivity contribution in [1.29, 1.82) is 0 Å². The summed E-state index contributed by atoms with van der Waals surface area (Å²) in [7, 11) is 0. The summed E-state index contributed by atoms with van der Waals surface area (Å²) in [6.45, 7) is 2.81. The normalized spacial score (nSPS) is 15.7. The molecule has 2 rings (SSSR count). The van der Waals surface area contributed by atoms with Crippen molar-refractivity contribution in [2.75, 3.05) is 0 Å². The maximum absolute atomic E-state index is 5.61. The van der Waals surface area contributed by atoms with Crippen molar-refractivity contribution < 1.29 is 0 Å². The number of allylic oxidation sites excluding steroid dienone is 2. The summed E-state index contributed by atoms with van der Waals surface area (Å²) in [6, 6.07) is 6.56. The molecule has 0 saturated heterocycles. The van der Waals surface area contributed by atoms with Gasteiger partial charge in [0.25, 0.3) is 0 Å². The van der Waals surface area contributed by atoms with Gasteiger partial charge in [-0.1, -0.05) is 24.3 Å². The second-order valence-corrected chi connectivity index (χ2v) is 3.97. The Labute approximate surface area is 85.6 Å². The van der Waals surface area contributed by atoms with Gasteiger partial charge in [-0.2, -0.15) is 0 Å². The molecule has 1 aromatic rings. The molecule has 0 bridgehead atoms. The van der Waals surface area contributed by atoms with Crippen molar-refractivity contribution in [3.8, 4) is 0 Å². The van der Waals surface area contributed by atoms with E-state index >= 15 is 0 Å². The SMILES string of the molecule is Cc1cc(CN)ccc1C1=CCCC1. The molecule has 0 amide bonds. The monoisotopic (exact) mass is 187 g/mol.